The molecule has 0 unspecified atom stereocenters. The summed E-state index contributed by atoms with van der Waals surface area (Å²) < 4.78 is 5.91. The second-order valence-corrected chi connectivity index (χ2v) is 10.1. The number of allylic oxidation sites excluding steroid dienone is 1. The molecule has 0 fully saturated rings. The summed E-state index contributed by atoms with van der Waals surface area (Å²) in [6.45, 7) is 3.34. The van der Waals surface area contributed by atoms with Gasteiger partial charge >= 0.3 is 5.97 Å². The van der Waals surface area contributed by atoms with Gasteiger partial charge in [0.15, 0.2) is 5.78 Å². The third kappa shape index (κ3) is 9.16. The van der Waals surface area contributed by atoms with Crippen molar-refractivity contribution in [1.29, 1.82) is 0 Å². The molecule has 0 saturated carbocycles. The highest BCUT2D eigenvalue weighted by Gasteiger charge is 2.21. The number of hydrogen-bond acceptors (Lipinski definition) is 5. The zero-order valence-corrected chi connectivity index (χ0v) is 24.2. The van der Waals surface area contributed by atoms with Crippen molar-refractivity contribution < 1.29 is 24.2 Å². The molecule has 2 N–H and O–H groups in total. The van der Waals surface area contributed by atoms with Crippen molar-refractivity contribution in [3.63, 3.8) is 0 Å². The van der Waals surface area contributed by atoms with Crippen LogP contribution in [0.1, 0.15) is 40.4 Å². The molecule has 4 aromatic carbocycles. The van der Waals surface area contributed by atoms with Crippen LogP contribution < -0.4 is 10.1 Å². The van der Waals surface area contributed by atoms with Crippen LogP contribution in [0.3, 0.4) is 0 Å². The van der Waals surface area contributed by atoms with Crippen LogP contribution in [0.15, 0.2) is 121 Å². The molecule has 4 aromatic rings. The molecule has 0 aromatic heterocycles. The highest BCUT2D eigenvalue weighted by Crippen LogP contribution is 2.22. The molecular formula is C36H36N2O5. The number of nitrogens with zero attached hydrogens (tertiary/aromatic N) is 1. The largest absolute Gasteiger partial charge is 0.494 e. The summed E-state index contributed by atoms with van der Waals surface area (Å²) >= 11 is 0. The van der Waals surface area contributed by atoms with Crippen LogP contribution in [0.4, 0.5) is 5.69 Å². The molecule has 7 nitrogen and oxygen atoms in total. The van der Waals surface area contributed by atoms with E-state index in [0.29, 0.717) is 48.7 Å². The Morgan fingerprint density at radius 2 is 1.49 bits per heavy atom. The first-order chi connectivity index (χ1) is 20.9. The van der Waals surface area contributed by atoms with Crippen molar-refractivity contribution in [2.24, 2.45) is 0 Å². The van der Waals surface area contributed by atoms with Gasteiger partial charge in [-0.25, -0.2) is 4.79 Å². The maximum Gasteiger partial charge on any atom is 0.326 e. The number of ketones is 1. The molecule has 0 heterocycles. The van der Waals surface area contributed by atoms with Gasteiger partial charge in [0, 0.05) is 36.3 Å². The van der Waals surface area contributed by atoms with E-state index in [1.165, 1.54) is 0 Å². The fraction of sp³-hybridized carbons (Fsp3) is 0.194. The lowest BCUT2D eigenvalue weighted by Gasteiger charge is -2.21. The molecule has 0 aliphatic heterocycles. The van der Waals surface area contributed by atoms with E-state index in [1.54, 1.807) is 65.6 Å². The predicted octanol–water partition coefficient (Wildman–Crippen LogP) is 6.40. The SMILES string of the molecule is CC=CC(=O)N(CCCOc1ccc(C[C@H](Nc2ccccc2C(=O)c2ccccc2)C(=O)O)cc1)Cc1ccccc1. The summed E-state index contributed by atoms with van der Waals surface area (Å²) in [7, 11) is 0. The van der Waals surface area contributed by atoms with E-state index in [0.717, 1.165) is 11.1 Å². The number of ether oxygens (including phenoxy) is 1. The van der Waals surface area contributed by atoms with E-state index in [1.807, 2.05) is 67.6 Å². The Labute approximate surface area is 252 Å². The minimum absolute atomic E-state index is 0.0376. The fourth-order valence-electron chi connectivity index (χ4n) is 4.66. The Morgan fingerprint density at radius 3 is 2.16 bits per heavy atom. The second-order valence-electron chi connectivity index (χ2n) is 10.1. The van der Waals surface area contributed by atoms with Crippen LogP contribution in [0, 0.1) is 0 Å². The number of aliphatic carboxylic acids is 1. The predicted molar refractivity (Wildman–Crippen MR) is 168 cm³/mol. The van der Waals surface area contributed by atoms with Gasteiger partial charge in [0.05, 0.1) is 6.61 Å². The van der Waals surface area contributed by atoms with Gasteiger partial charge in [0.25, 0.3) is 0 Å². The highest BCUT2D eigenvalue weighted by molar-refractivity contribution is 6.12. The summed E-state index contributed by atoms with van der Waals surface area (Å²) in [4.78, 5) is 39.6. The molecule has 0 aliphatic rings. The molecule has 0 aliphatic carbocycles. The lowest BCUT2D eigenvalue weighted by molar-refractivity contribution is -0.137. The van der Waals surface area contributed by atoms with Crippen molar-refractivity contribution in [2.45, 2.75) is 32.4 Å². The van der Waals surface area contributed by atoms with Crippen molar-refractivity contribution in [3.05, 3.63) is 144 Å². The van der Waals surface area contributed by atoms with Gasteiger partial charge in [-0.05, 0) is 54.8 Å². The molecular weight excluding hydrogens is 540 g/mol. The number of rotatable bonds is 15. The summed E-state index contributed by atoms with van der Waals surface area (Å²) in [6.07, 6.45) is 4.18. The van der Waals surface area contributed by atoms with Crippen LogP contribution in [0.25, 0.3) is 0 Å². The first-order valence-electron chi connectivity index (χ1n) is 14.3. The quantitative estimate of drug-likeness (QED) is 0.0966. The zero-order chi connectivity index (χ0) is 30.4. The fourth-order valence-corrected chi connectivity index (χ4v) is 4.66. The molecule has 0 radical (unpaired) electrons. The van der Waals surface area contributed by atoms with E-state index in [2.05, 4.69) is 5.32 Å². The van der Waals surface area contributed by atoms with Gasteiger partial charge in [-0.1, -0.05) is 91.0 Å². The molecule has 43 heavy (non-hydrogen) atoms. The Bertz CT molecular complexity index is 1520. The smallest absolute Gasteiger partial charge is 0.326 e. The topological polar surface area (TPSA) is 95.9 Å². The summed E-state index contributed by atoms with van der Waals surface area (Å²) in [6, 6.07) is 32.1. The number of para-hydroxylation sites is 1. The first-order valence-corrected chi connectivity index (χ1v) is 14.3. The molecule has 0 spiro atoms. The van der Waals surface area contributed by atoms with E-state index in [-0.39, 0.29) is 18.1 Å². The molecule has 1 amide bonds. The monoisotopic (exact) mass is 576 g/mol. The van der Waals surface area contributed by atoms with Gasteiger partial charge in [-0.2, -0.15) is 0 Å². The lowest BCUT2D eigenvalue weighted by Crippen LogP contribution is -2.32. The van der Waals surface area contributed by atoms with E-state index in [4.69, 9.17) is 4.74 Å². The maximum absolute atomic E-state index is 13.1. The van der Waals surface area contributed by atoms with Crippen LogP contribution >= 0.6 is 0 Å². The third-order valence-electron chi connectivity index (χ3n) is 6.88. The van der Waals surface area contributed by atoms with E-state index >= 15 is 0 Å². The van der Waals surface area contributed by atoms with Gasteiger partial charge in [-0.3, -0.25) is 9.59 Å². The molecule has 7 heteroatoms. The normalized spacial score (nSPS) is 11.6. The molecule has 0 saturated heterocycles. The standard InChI is InChI=1S/C36H36N2O5/c1-2-12-34(39)38(26-28-13-5-3-6-14-28)23-11-24-43-30-21-19-27(20-22-30)25-33(36(41)42)37-32-18-10-9-17-31(32)35(40)29-15-7-4-8-16-29/h2-10,12-22,33,37H,11,23-26H2,1H3,(H,41,42)/t33-/m0/s1. The number of carbonyl (C=O) groups is 3. The number of carboxylic acid groups (broad SMARTS) is 1. The number of benzene rings is 4. The third-order valence-corrected chi connectivity index (χ3v) is 6.88. The van der Waals surface area contributed by atoms with Crippen LogP contribution in [-0.2, 0) is 22.6 Å². The van der Waals surface area contributed by atoms with Gasteiger partial charge in [0.1, 0.15) is 11.8 Å². The molecule has 0 bridgehead atoms. The summed E-state index contributed by atoms with van der Waals surface area (Å²) in [5, 5.41) is 13.0. The minimum Gasteiger partial charge on any atom is -0.494 e. The van der Waals surface area contributed by atoms with Crippen molar-refractivity contribution in [3.8, 4) is 5.75 Å². The molecule has 220 valence electrons. The van der Waals surface area contributed by atoms with Crippen molar-refractivity contribution >= 4 is 23.3 Å². The summed E-state index contributed by atoms with van der Waals surface area (Å²) in [5.41, 5.74) is 3.30. The van der Waals surface area contributed by atoms with E-state index < -0.39 is 12.0 Å². The van der Waals surface area contributed by atoms with Crippen LogP contribution in [0.2, 0.25) is 0 Å². The lowest BCUT2D eigenvalue weighted by atomic mass is 10.00. The number of carboxylic acids is 1. The van der Waals surface area contributed by atoms with Gasteiger partial charge in [0.2, 0.25) is 5.91 Å². The highest BCUT2D eigenvalue weighted by atomic mass is 16.5. The Hall–Kier alpha value is -5.17. The van der Waals surface area contributed by atoms with Crippen LogP contribution in [0.5, 0.6) is 5.75 Å². The minimum atomic E-state index is -1.02. The van der Waals surface area contributed by atoms with E-state index in [9.17, 15) is 19.5 Å². The number of hydrogen-bond donors (Lipinski definition) is 2. The van der Waals surface area contributed by atoms with Gasteiger partial charge in [-0.15, -0.1) is 0 Å². The maximum atomic E-state index is 13.1. The zero-order valence-electron chi connectivity index (χ0n) is 24.2. The Morgan fingerprint density at radius 1 is 0.837 bits per heavy atom. The number of anilines is 1. The summed E-state index contributed by atoms with van der Waals surface area (Å²) in [5.74, 6) is -0.570. The molecule has 4 rings (SSSR count). The van der Waals surface area contributed by atoms with Crippen molar-refractivity contribution in [2.75, 3.05) is 18.5 Å². The Balaban J connectivity index is 1.32. The average Bonchev–Trinajstić information content (AvgIpc) is 3.03. The Kier molecular flexibility index (Phi) is 11.3. The van der Waals surface area contributed by atoms with Gasteiger partial charge < -0.3 is 20.1 Å². The van der Waals surface area contributed by atoms with Crippen LogP contribution in [-0.4, -0.2) is 46.9 Å². The molecule has 1 atom stereocenters. The average molecular weight is 577 g/mol. The number of nitrogens with one attached hydrogen (secondary N) is 1. The first kappa shape index (κ1) is 30.8. The number of amides is 1. The number of carbonyl (C=O) groups excluding carboxylic acids is 2. The second kappa shape index (κ2) is 15.7. The van der Waals surface area contributed by atoms with Crippen molar-refractivity contribution in [1.82, 2.24) is 4.90 Å².